The summed E-state index contributed by atoms with van der Waals surface area (Å²) in [7, 11) is 1.44. The van der Waals surface area contributed by atoms with Crippen LogP contribution in [0.5, 0.6) is 0 Å². The Morgan fingerprint density at radius 2 is 2.14 bits per heavy atom. The Bertz CT molecular complexity index is 577. The Morgan fingerprint density at radius 1 is 1.45 bits per heavy atom. The van der Waals surface area contributed by atoms with Gasteiger partial charge in [0.25, 0.3) is 0 Å². The lowest BCUT2D eigenvalue weighted by atomic mass is 9.85. The monoisotopic (exact) mass is 309 g/mol. The van der Waals surface area contributed by atoms with E-state index < -0.39 is 17.7 Å². The molecule has 0 bridgehead atoms. The highest BCUT2D eigenvalue weighted by Crippen LogP contribution is 2.27. The molecule has 122 valence electrons. The minimum absolute atomic E-state index is 0.0294. The van der Waals surface area contributed by atoms with E-state index in [1.165, 1.54) is 7.11 Å². The Kier molecular flexibility index (Phi) is 4.72. The van der Waals surface area contributed by atoms with Crippen LogP contribution in [0.25, 0.3) is 0 Å². The summed E-state index contributed by atoms with van der Waals surface area (Å²) >= 11 is 0. The van der Waals surface area contributed by atoms with Crippen LogP contribution in [0.3, 0.4) is 0 Å². The molecule has 6 nitrogen and oxygen atoms in total. The van der Waals surface area contributed by atoms with E-state index in [0.29, 0.717) is 24.2 Å². The fourth-order valence-electron chi connectivity index (χ4n) is 2.81. The predicted octanol–water partition coefficient (Wildman–Crippen LogP) is 1.54. The first kappa shape index (κ1) is 16.7. The van der Waals surface area contributed by atoms with Crippen LogP contribution in [-0.2, 0) is 27.4 Å². The average Bonchev–Trinajstić information content (AvgIpc) is 3.06. The number of rotatable bonds is 6. The van der Waals surface area contributed by atoms with Gasteiger partial charge in [0.1, 0.15) is 6.61 Å². The number of aryl methyl sites for hydroxylation is 1. The largest absolute Gasteiger partial charge is 0.459 e. The van der Waals surface area contributed by atoms with E-state index in [1.54, 1.807) is 26.8 Å². The number of methoxy groups -OCH3 is 1. The maximum atomic E-state index is 12.3. The predicted molar refractivity (Wildman–Crippen MR) is 79.4 cm³/mol. The Balaban J connectivity index is 2.11. The molecule has 0 fully saturated rings. The highest BCUT2D eigenvalue weighted by Gasteiger charge is 2.46. The van der Waals surface area contributed by atoms with E-state index in [2.05, 4.69) is 0 Å². The van der Waals surface area contributed by atoms with Crippen molar-refractivity contribution in [3.63, 3.8) is 0 Å². The van der Waals surface area contributed by atoms with Gasteiger partial charge in [0.2, 0.25) is 0 Å². The minimum atomic E-state index is -1.72. The first-order chi connectivity index (χ1) is 10.3. The molecule has 6 heteroatoms. The third-order valence-electron chi connectivity index (χ3n) is 4.43. The summed E-state index contributed by atoms with van der Waals surface area (Å²) < 4.78 is 12.3. The molecule has 0 saturated heterocycles. The summed E-state index contributed by atoms with van der Waals surface area (Å²) in [6.07, 6.45) is 1.60. The molecule has 0 saturated carbocycles. The standard InChI is InChI=1S/C16H23NO5/c1-10(2)16(20,11(3)21-4)15(19)22-9-12-5-7-17-8-6-13(18)14(12)17/h5,7,10-11,20H,6,8-9H2,1-4H3. The first-order valence-corrected chi connectivity index (χ1v) is 7.46. The normalized spacial score (nSPS) is 18.2. The van der Waals surface area contributed by atoms with Crippen LogP contribution >= 0.6 is 0 Å². The van der Waals surface area contributed by atoms with Crippen LogP contribution < -0.4 is 0 Å². The molecule has 0 amide bonds. The summed E-state index contributed by atoms with van der Waals surface area (Å²) in [5, 5.41) is 10.6. The van der Waals surface area contributed by atoms with Crippen molar-refractivity contribution in [2.24, 2.45) is 5.92 Å². The molecule has 2 heterocycles. The molecule has 2 unspecified atom stereocenters. The molecular weight excluding hydrogens is 286 g/mol. The number of esters is 1. The van der Waals surface area contributed by atoms with Crippen molar-refractivity contribution in [2.45, 2.75) is 52.0 Å². The van der Waals surface area contributed by atoms with Gasteiger partial charge in [-0.05, 0) is 18.9 Å². The van der Waals surface area contributed by atoms with Gasteiger partial charge in [0.05, 0.1) is 11.8 Å². The van der Waals surface area contributed by atoms with Crippen molar-refractivity contribution >= 4 is 11.8 Å². The number of carbonyl (C=O) groups excluding carboxylic acids is 2. The van der Waals surface area contributed by atoms with Gasteiger partial charge in [-0.1, -0.05) is 13.8 Å². The number of hydrogen-bond donors (Lipinski definition) is 1. The van der Waals surface area contributed by atoms with Crippen LogP contribution in [0, 0.1) is 5.92 Å². The second-order valence-corrected chi connectivity index (χ2v) is 5.99. The third kappa shape index (κ3) is 2.68. The second-order valence-electron chi connectivity index (χ2n) is 5.99. The van der Waals surface area contributed by atoms with Crippen LogP contribution in [0.1, 0.15) is 43.2 Å². The van der Waals surface area contributed by atoms with Gasteiger partial charge < -0.3 is 19.1 Å². The highest BCUT2D eigenvalue weighted by molar-refractivity contribution is 5.97. The van der Waals surface area contributed by atoms with Crippen LogP contribution in [0.2, 0.25) is 0 Å². The van der Waals surface area contributed by atoms with Gasteiger partial charge in [0.15, 0.2) is 11.4 Å². The highest BCUT2D eigenvalue weighted by atomic mass is 16.6. The van der Waals surface area contributed by atoms with Crippen molar-refractivity contribution in [1.29, 1.82) is 0 Å². The molecule has 1 N–H and O–H groups in total. The van der Waals surface area contributed by atoms with E-state index in [0.717, 1.165) is 0 Å². The molecule has 2 atom stereocenters. The summed E-state index contributed by atoms with van der Waals surface area (Å²) in [5.74, 6) is -1.04. The molecule has 0 aliphatic carbocycles. The van der Waals surface area contributed by atoms with Crippen molar-refractivity contribution in [3.05, 3.63) is 23.5 Å². The number of nitrogens with zero attached hydrogens (tertiary/aromatic N) is 1. The van der Waals surface area contributed by atoms with Crippen LogP contribution in [-0.4, -0.2) is 40.2 Å². The maximum Gasteiger partial charge on any atom is 0.341 e. The summed E-state index contributed by atoms with van der Waals surface area (Å²) in [6, 6.07) is 1.77. The number of Topliss-reactive ketones (excluding diaryl/α,β-unsaturated/α-hetero) is 1. The zero-order valence-electron chi connectivity index (χ0n) is 13.5. The minimum Gasteiger partial charge on any atom is -0.459 e. The van der Waals surface area contributed by atoms with Crippen molar-refractivity contribution < 1.29 is 24.2 Å². The Labute approximate surface area is 130 Å². The van der Waals surface area contributed by atoms with E-state index in [9.17, 15) is 14.7 Å². The van der Waals surface area contributed by atoms with Gasteiger partial charge in [0, 0.05) is 31.8 Å². The molecule has 1 aromatic rings. The second kappa shape index (κ2) is 6.22. The lowest BCUT2D eigenvalue weighted by Crippen LogP contribution is -2.54. The molecule has 22 heavy (non-hydrogen) atoms. The number of fused-ring (bicyclic) bond motifs is 1. The van der Waals surface area contributed by atoms with Gasteiger partial charge in [-0.2, -0.15) is 0 Å². The molecule has 1 aliphatic heterocycles. The molecule has 0 aromatic carbocycles. The van der Waals surface area contributed by atoms with E-state index in [1.807, 2.05) is 10.8 Å². The van der Waals surface area contributed by atoms with Crippen LogP contribution in [0.15, 0.2) is 12.3 Å². The molecule has 1 aromatic heterocycles. The van der Waals surface area contributed by atoms with Crippen molar-refractivity contribution in [1.82, 2.24) is 4.57 Å². The molecule has 0 radical (unpaired) electrons. The van der Waals surface area contributed by atoms with Gasteiger partial charge in [-0.3, -0.25) is 4.79 Å². The number of carbonyl (C=O) groups is 2. The lowest BCUT2D eigenvalue weighted by Gasteiger charge is -2.34. The number of aromatic nitrogens is 1. The van der Waals surface area contributed by atoms with Crippen molar-refractivity contribution in [3.8, 4) is 0 Å². The van der Waals surface area contributed by atoms with Gasteiger partial charge in [-0.15, -0.1) is 0 Å². The first-order valence-electron chi connectivity index (χ1n) is 7.46. The SMILES string of the molecule is COC(C)C(O)(C(=O)OCc1ccn2c1C(=O)CC2)C(C)C. The average molecular weight is 309 g/mol. The number of hydrogen-bond acceptors (Lipinski definition) is 5. The quantitative estimate of drug-likeness (QED) is 0.807. The molecule has 2 rings (SSSR count). The number of ether oxygens (including phenoxy) is 2. The fourth-order valence-corrected chi connectivity index (χ4v) is 2.81. The summed E-state index contributed by atoms with van der Waals surface area (Å²) in [5.41, 5.74) is -0.450. The zero-order valence-corrected chi connectivity index (χ0v) is 13.5. The van der Waals surface area contributed by atoms with E-state index in [4.69, 9.17) is 9.47 Å². The summed E-state index contributed by atoms with van der Waals surface area (Å²) in [4.78, 5) is 24.2. The number of ketones is 1. The lowest BCUT2D eigenvalue weighted by molar-refractivity contribution is -0.189. The van der Waals surface area contributed by atoms with Crippen LogP contribution in [0.4, 0.5) is 0 Å². The molecular formula is C16H23NO5. The van der Waals surface area contributed by atoms with Gasteiger partial charge in [-0.25, -0.2) is 4.79 Å². The fraction of sp³-hybridized carbons (Fsp3) is 0.625. The maximum absolute atomic E-state index is 12.3. The molecule has 0 spiro atoms. The Hall–Kier alpha value is -1.66. The topological polar surface area (TPSA) is 77.8 Å². The van der Waals surface area contributed by atoms with Gasteiger partial charge >= 0.3 is 5.97 Å². The third-order valence-corrected chi connectivity index (χ3v) is 4.43. The molecule has 1 aliphatic rings. The zero-order chi connectivity index (χ0) is 16.5. The van der Waals surface area contributed by atoms with E-state index >= 15 is 0 Å². The summed E-state index contributed by atoms with van der Waals surface area (Å²) in [6.45, 7) is 5.73. The Morgan fingerprint density at radius 3 is 2.73 bits per heavy atom. The smallest absolute Gasteiger partial charge is 0.341 e. The van der Waals surface area contributed by atoms with E-state index in [-0.39, 0.29) is 18.3 Å². The number of aliphatic hydroxyl groups is 1. The van der Waals surface area contributed by atoms with Crippen molar-refractivity contribution in [2.75, 3.05) is 7.11 Å².